The summed E-state index contributed by atoms with van der Waals surface area (Å²) in [5, 5.41) is 0. The lowest BCUT2D eigenvalue weighted by molar-refractivity contribution is 0.0953. The van der Waals surface area contributed by atoms with E-state index in [2.05, 4.69) is 48.6 Å². The number of hydrogen-bond acceptors (Lipinski definition) is 3. The predicted molar refractivity (Wildman–Crippen MR) is 84.4 cm³/mol. The van der Waals surface area contributed by atoms with Crippen LogP contribution in [-0.4, -0.2) is 17.9 Å². The fourth-order valence-corrected chi connectivity index (χ4v) is 2.22. The topological polar surface area (TPSA) is 58.4 Å². The fraction of sp³-hybridized carbons (Fsp3) is 0.235. The monoisotopic (exact) mass is 283 g/mol. The molecule has 2 aromatic carbocycles. The minimum atomic E-state index is -0.269. The maximum Gasteiger partial charge on any atom is 0.265 e. The molecule has 0 unspecified atom stereocenters. The summed E-state index contributed by atoms with van der Waals surface area (Å²) in [5.74, 6) is 4.84. The second-order valence-electron chi connectivity index (χ2n) is 5.33. The molecule has 0 aliphatic heterocycles. The standard InChI is InChI=1S/C17H21N3O/c1-13-3-5-14(6-4-13)11-20(2)12-15-7-9-16(10-8-15)17(21)19-18/h3-10H,11-12,18H2,1-2H3,(H,19,21). The average Bonchev–Trinajstić information content (AvgIpc) is 2.49. The van der Waals surface area contributed by atoms with Gasteiger partial charge in [0.25, 0.3) is 5.91 Å². The molecule has 3 N–H and O–H groups in total. The Labute approximate surface area is 125 Å². The third-order valence-corrected chi connectivity index (χ3v) is 3.37. The summed E-state index contributed by atoms with van der Waals surface area (Å²) in [6.07, 6.45) is 0. The van der Waals surface area contributed by atoms with Gasteiger partial charge in [0.05, 0.1) is 0 Å². The number of nitrogens with zero attached hydrogens (tertiary/aromatic N) is 1. The van der Waals surface area contributed by atoms with Crippen LogP contribution in [0, 0.1) is 6.92 Å². The van der Waals surface area contributed by atoms with E-state index in [4.69, 9.17) is 5.84 Å². The molecule has 4 nitrogen and oxygen atoms in total. The van der Waals surface area contributed by atoms with E-state index in [0.29, 0.717) is 5.56 Å². The van der Waals surface area contributed by atoms with Gasteiger partial charge in [0.15, 0.2) is 0 Å². The molecule has 0 radical (unpaired) electrons. The Balaban J connectivity index is 1.94. The molecule has 0 aromatic heterocycles. The maximum absolute atomic E-state index is 11.4. The number of amides is 1. The lowest BCUT2D eigenvalue weighted by atomic mass is 10.1. The van der Waals surface area contributed by atoms with Crippen molar-refractivity contribution in [2.45, 2.75) is 20.0 Å². The first-order chi connectivity index (χ1) is 10.1. The van der Waals surface area contributed by atoms with Crippen molar-refractivity contribution in [3.63, 3.8) is 0 Å². The highest BCUT2D eigenvalue weighted by molar-refractivity contribution is 5.93. The summed E-state index contributed by atoms with van der Waals surface area (Å²) in [6, 6.07) is 16.1. The van der Waals surface area contributed by atoms with E-state index in [1.165, 1.54) is 11.1 Å². The lowest BCUT2D eigenvalue weighted by Gasteiger charge is -2.17. The molecule has 0 saturated carbocycles. The first-order valence-electron chi connectivity index (χ1n) is 6.92. The van der Waals surface area contributed by atoms with Gasteiger partial charge in [-0.15, -0.1) is 0 Å². The molecular weight excluding hydrogens is 262 g/mol. The zero-order valence-corrected chi connectivity index (χ0v) is 12.5. The number of carbonyl (C=O) groups excluding carboxylic acids is 1. The van der Waals surface area contributed by atoms with Crippen molar-refractivity contribution in [2.75, 3.05) is 7.05 Å². The lowest BCUT2D eigenvalue weighted by Crippen LogP contribution is -2.29. The molecule has 21 heavy (non-hydrogen) atoms. The maximum atomic E-state index is 11.4. The summed E-state index contributed by atoms with van der Waals surface area (Å²) in [5.41, 5.74) is 6.43. The van der Waals surface area contributed by atoms with E-state index < -0.39 is 0 Å². The number of nitrogens with one attached hydrogen (secondary N) is 1. The van der Waals surface area contributed by atoms with Crippen LogP contribution in [0.5, 0.6) is 0 Å². The third kappa shape index (κ3) is 4.41. The summed E-state index contributed by atoms with van der Waals surface area (Å²) >= 11 is 0. The Hall–Kier alpha value is -2.17. The zero-order valence-electron chi connectivity index (χ0n) is 12.5. The van der Waals surface area contributed by atoms with E-state index >= 15 is 0 Å². The number of hydrazine groups is 1. The minimum absolute atomic E-state index is 0.269. The van der Waals surface area contributed by atoms with Crippen molar-refractivity contribution < 1.29 is 4.79 Å². The van der Waals surface area contributed by atoms with Crippen LogP contribution in [0.3, 0.4) is 0 Å². The quantitative estimate of drug-likeness (QED) is 0.502. The van der Waals surface area contributed by atoms with E-state index in [-0.39, 0.29) is 5.91 Å². The van der Waals surface area contributed by atoms with Crippen molar-refractivity contribution in [3.8, 4) is 0 Å². The van der Waals surface area contributed by atoms with Crippen molar-refractivity contribution in [2.24, 2.45) is 5.84 Å². The van der Waals surface area contributed by atoms with Gasteiger partial charge in [0.1, 0.15) is 0 Å². The van der Waals surface area contributed by atoms with Gasteiger partial charge in [-0.2, -0.15) is 0 Å². The third-order valence-electron chi connectivity index (χ3n) is 3.37. The molecule has 0 bridgehead atoms. The Morgan fingerprint density at radius 1 is 1.00 bits per heavy atom. The molecule has 0 fully saturated rings. The van der Waals surface area contributed by atoms with Crippen LogP contribution in [0.15, 0.2) is 48.5 Å². The van der Waals surface area contributed by atoms with E-state index in [0.717, 1.165) is 18.7 Å². The molecule has 4 heteroatoms. The summed E-state index contributed by atoms with van der Waals surface area (Å²) in [4.78, 5) is 13.6. The first-order valence-corrected chi connectivity index (χ1v) is 6.92. The molecule has 0 aliphatic rings. The van der Waals surface area contributed by atoms with Crippen LogP contribution in [0.25, 0.3) is 0 Å². The molecule has 2 rings (SSSR count). The van der Waals surface area contributed by atoms with Crippen LogP contribution < -0.4 is 11.3 Å². The van der Waals surface area contributed by atoms with Gasteiger partial charge >= 0.3 is 0 Å². The molecule has 0 spiro atoms. The number of nitrogen functional groups attached to an aromatic ring is 1. The molecule has 0 aliphatic carbocycles. The molecule has 1 amide bonds. The molecule has 0 saturated heterocycles. The van der Waals surface area contributed by atoms with Gasteiger partial charge in [-0.25, -0.2) is 5.84 Å². The first kappa shape index (κ1) is 15.2. The van der Waals surface area contributed by atoms with Gasteiger partial charge in [0.2, 0.25) is 0 Å². The van der Waals surface area contributed by atoms with Crippen LogP contribution in [-0.2, 0) is 13.1 Å². The molecule has 110 valence electrons. The van der Waals surface area contributed by atoms with Crippen LogP contribution >= 0.6 is 0 Å². The molecule has 0 atom stereocenters. The van der Waals surface area contributed by atoms with Crippen LogP contribution in [0.4, 0.5) is 0 Å². The summed E-state index contributed by atoms with van der Waals surface area (Å²) in [6.45, 7) is 3.82. The second-order valence-corrected chi connectivity index (χ2v) is 5.33. The fourth-order valence-electron chi connectivity index (χ4n) is 2.22. The molecule has 0 heterocycles. The number of carbonyl (C=O) groups is 1. The number of hydrogen-bond donors (Lipinski definition) is 2. The second kappa shape index (κ2) is 7.02. The zero-order chi connectivity index (χ0) is 15.2. The number of benzene rings is 2. The predicted octanol–water partition coefficient (Wildman–Crippen LogP) is 2.23. The largest absolute Gasteiger partial charge is 0.298 e. The Kier molecular flexibility index (Phi) is 5.09. The minimum Gasteiger partial charge on any atom is -0.298 e. The van der Waals surface area contributed by atoms with Crippen molar-refractivity contribution in [3.05, 3.63) is 70.8 Å². The van der Waals surface area contributed by atoms with E-state index in [1.54, 1.807) is 12.1 Å². The van der Waals surface area contributed by atoms with Crippen molar-refractivity contribution >= 4 is 5.91 Å². The number of rotatable bonds is 5. The summed E-state index contributed by atoms with van der Waals surface area (Å²) in [7, 11) is 2.08. The molecule has 2 aromatic rings. The van der Waals surface area contributed by atoms with E-state index in [9.17, 15) is 4.79 Å². The number of nitrogens with two attached hydrogens (primary N) is 1. The SMILES string of the molecule is Cc1ccc(CN(C)Cc2ccc(C(=O)NN)cc2)cc1. The Morgan fingerprint density at radius 2 is 1.48 bits per heavy atom. The highest BCUT2D eigenvalue weighted by Crippen LogP contribution is 2.10. The Morgan fingerprint density at radius 3 is 1.95 bits per heavy atom. The Bertz CT molecular complexity index is 590. The normalized spacial score (nSPS) is 10.7. The van der Waals surface area contributed by atoms with Gasteiger partial charge in [-0.1, -0.05) is 42.0 Å². The van der Waals surface area contributed by atoms with Gasteiger partial charge < -0.3 is 0 Å². The van der Waals surface area contributed by atoms with Gasteiger partial charge in [0, 0.05) is 18.7 Å². The van der Waals surface area contributed by atoms with Gasteiger partial charge in [-0.05, 0) is 37.2 Å². The van der Waals surface area contributed by atoms with Crippen LogP contribution in [0.2, 0.25) is 0 Å². The summed E-state index contributed by atoms with van der Waals surface area (Å²) < 4.78 is 0. The average molecular weight is 283 g/mol. The highest BCUT2D eigenvalue weighted by atomic mass is 16.2. The highest BCUT2D eigenvalue weighted by Gasteiger charge is 2.05. The van der Waals surface area contributed by atoms with Crippen molar-refractivity contribution in [1.82, 2.24) is 10.3 Å². The molecular formula is C17H21N3O. The smallest absolute Gasteiger partial charge is 0.265 e. The van der Waals surface area contributed by atoms with E-state index in [1.807, 2.05) is 12.1 Å². The van der Waals surface area contributed by atoms with Crippen LogP contribution in [0.1, 0.15) is 27.0 Å². The van der Waals surface area contributed by atoms with Crippen molar-refractivity contribution in [1.29, 1.82) is 0 Å². The number of aryl methyl sites for hydroxylation is 1. The van der Waals surface area contributed by atoms with Gasteiger partial charge in [-0.3, -0.25) is 15.1 Å².